The highest BCUT2D eigenvalue weighted by Gasteiger charge is 2.16. The third kappa shape index (κ3) is 2.87. The van der Waals surface area contributed by atoms with E-state index < -0.39 is 0 Å². The van der Waals surface area contributed by atoms with Crippen LogP contribution in [0.5, 0.6) is 0 Å². The summed E-state index contributed by atoms with van der Waals surface area (Å²) in [5.74, 6) is 0. The van der Waals surface area contributed by atoms with E-state index in [-0.39, 0.29) is 0 Å². The lowest BCUT2D eigenvalue weighted by Gasteiger charge is -2.16. The number of allylic oxidation sites excluding steroid dienone is 4. The summed E-state index contributed by atoms with van der Waals surface area (Å²) in [7, 11) is 0. The Morgan fingerprint density at radius 1 is 0.792 bits per heavy atom. The summed E-state index contributed by atoms with van der Waals surface area (Å²) >= 11 is 4.39. The quantitative estimate of drug-likeness (QED) is 0.609. The molecule has 3 aromatic rings. The summed E-state index contributed by atoms with van der Waals surface area (Å²) in [6.07, 6.45) is 6.47. The average molecular weight is 330 g/mol. The molecular weight excluding hydrogens is 312 g/mol. The van der Waals surface area contributed by atoms with E-state index in [4.69, 9.17) is 9.97 Å². The van der Waals surface area contributed by atoms with Crippen LogP contribution in [-0.2, 0) is 0 Å². The molecular formula is C21H18N2S. The summed E-state index contributed by atoms with van der Waals surface area (Å²) in [4.78, 5) is 10.8. The van der Waals surface area contributed by atoms with Crippen molar-refractivity contribution in [3.05, 3.63) is 72.0 Å². The van der Waals surface area contributed by atoms with Crippen LogP contribution in [-0.4, -0.2) is 9.97 Å². The first-order valence-electron chi connectivity index (χ1n) is 8.13. The Hall–Kier alpha value is -2.39. The molecule has 4 rings (SSSR count). The molecule has 0 radical (unpaired) electrons. The summed E-state index contributed by atoms with van der Waals surface area (Å²) < 4.78 is 0. The van der Waals surface area contributed by atoms with Crippen molar-refractivity contribution in [2.45, 2.75) is 24.7 Å². The number of para-hydroxylation sites is 2. The second-order valence-corrected chi connectivity index (χ2v) is 6.68. The first-order valence-corrected chi connectivity index (χ1v) is 8.58. The van der Waals surface area contributed by atoms with E-state index in [0.717, 1.165) is 45.7 Å². The van der Waals surface area contributed by atoms with Gasteiger partial charge in [0.1, 0.15) is 0 Å². The molecule has 2 aromatic carbocycles. The van der Waals surface area contributed by atoms with Crippen molar-refractivity contribution in [2.24, 2.45) is 0 Å². The fourth-order valence-electron chi connectivity index (χ4n) is 2.98. The Morgan fingerprint density at radius 3 is 2.08 bits per heavy atom. The SMILES string of the molecule is CC1=CC=C(c2nc3ccccc3nc2-c2ccc(S)cc2)CC1. The van der Waals surface area contributed by atoms with Crippen LogP contribution in [0.1, 0.15) is 25.5 Å². The van der Waals surface area contributed by atoms with E-state index in [0.29, 0.717) is 0 Å². The highest BCUT2D eigenvalue weighted by Crippen LogP contribution is 2.33. The number of hydrogen-bond acceptors (Lipinski definition) is 3. The zero-order valence-electron chi connectivity index (χ0n) is 13.5. The van der Waals surface area contributed by atoms with E-state index in [9.17, 15) is 0 Å². The van der Waals surface area contributed by atoms with Gasteiger partial charge in [-0.1, -0.05) is 42.0 Å². The van der Waals surface area contributed by atoms with Crippen LogP contribution in [0.2, 0.25) is 0 Å². The number of thiol groups is 1. The number of nitrogens with zero attached hydrogens (tertiary/aromatic N) is 2. The average Bonchev–Trinajstić information content (AvgIpc) is 2.62. The summed E-state index contributed by atoms with van der Waals surface area (Å²) in [6.45, 7) is 2.17. The molecule has 0 spiro atoms. The Morgan fingerprint density at radius 2 is 1.46 bits per heavy atom. The molecule has 0 saturated carbocycles. The lowest BCUT2D eigenvalue weighted by Crippen LogP contribution is -2.01. The van der Waals surface area contributed by atoms with Gasteiger partial charge in [-0.2, -0.15) is 0 Å². The number of hydrogen-bond donors (Lipinski definition) is 1. The van der Waals surface area contributed by atoms with E-state index >= 15 is 0 Å². The van der Waals surface area contributed by atoms with Gasteiger partial charge >= 0.3 is 0 Å². The molecule has 0 aliphatic heterocycles. The largest absolute Gasteiger partial charge is 0.244 e. The van der Waals surface area contributed by atoms with Gasteiger partial charge in [0.15, 0.2) is 0 Å². The van der Waals surface area contributed by atoms with Gasteiger partial charge in [-0.25, -0.2) is 9.97 Å². The lowest BCUT2D eigenvalue weighted by molar-refractivity contribution is 0.969. The van der Waals surface area contributed by atoms with Crippen LogP contribution in [0.15, 0.2) is 71.2 Å². The number of fused-ring (bicyclic) bond motifs is 1. The third-order valence-corrected chi connectivity index (χ3v) is 4.67. The van der Waals surface area contributed by atoms with Crippen LogP contribution < -0.4 is 0 Å². The molecule has 1 aromatic heterocycles. The van der Waals surface area contributed by atoms with Gasteiger partial charge in [-0.15, -0.1) is 12.6 Å². The van der Waals surface area contributed by atoms with Crippen LogP contribution in [0.3, 0.4) is 0 Å². The molecule has 0 bridgehead atoms. The minimum absolute atomic E-state index is 0.925. The molecule has 0 fully saturated rings. The minimum atomic E-state index is 0.925. The molecule has 0 unspecified atom stereocenters. The smallest absolute Gasteiger partial charge is 0.0969 e. The predicted molar refractivity (Wildman–Crippen MR) is 103 cm³/mol. The minimum Gasteiger partial charge on any atom is -0.244 e. The van der Waals surface area contributed by atoms with Crippen LogP contribution >= 0.6 is 12.6 Å². The zero-order chi connectivity index (χ0) is 16.5. The van der Waals surface area contributed by atoms with E-state index in [1.807, 2.05) is 36.4 Å². The zero-order valence-corrected chi connectivity index (χ0v) is 14.4. The van der Waals surface area contributed by atoms with Gasteiger partial charge in [-0.3, -0.25) is 0 Å². The molecule has 0 N–H and O–H groups in total. The van der Waals surface area contributed by atoms with Crippen molar-refractivity contribution in [3.8, 4) is 11.3 Å². The molecule has 1 heterocycles. The van der Waals surface area contributed by atoms with Crippen molar-refractivity contribution in [1.29, 1.82) is 0 Å². The Labute approximate surface area is 147 Å². The molecule has 3 heteroatoms. The van der Waals surface area contributed by atoms with E-state index in [1.165, 1.54) is 11.1 Å². The fourth-order valence-corrected chi connectivity index (χ4v) is 3.13. The second-order valence-electron chi connectivity index (χ2n) is 6.16. The maximum absolute atomic E-state index is 4.94. The van der Waals surface area contributed by atoms with Crippen molar-refractivity contribution >= 4 is 29.2 Å². The topological polar surface area (TPSA) is 25.8 Å². The third-order valence-electron chi connectivity index (χ3n) is 4.37. The number of rotatable bonds is 2. The van der Waals surface area contributed by atoms with Gasteiger partial charge < -0.3 is 0 Å². The molecule has 24 heavy (non-hydrogen) atoms. The van der Waals surface area contributed by atoms with Gasteiger partial charge in [-0.05, 0) is 49.6 Å². The highest BCUT2D eigenvalue weighted by molar-refractivity contribution is 7.80. The molecule has 1 aliphatic rings. The number of benzene rings is 2. The Kier molecular flexibility index (Phi) is 3.95. The second kappa shape index (κ2) is 6.25. The fraction of sp³-hybridized carbons (Fsp3) is 0.143. The van der Waals surface area contributed by atoms with Crippen molar-refractivity contribution < 1.29 is 0 Å². The first-order chi connectivity index (χ1) is 11.7. The van der Waals surface area contributed by atoms with Gasteiger partial charge in [0.25, 0.3) is 0 Å². The number of aromatic nitrogens is 2. The van der Waals surface area contributed by atoms with Gasteiger partial charge in [0.05, 0.1) is 22.4 Å². The monoisotopic (exact) mass is 330 g/mol. The Balaban J connectivity index is 1.96. The summed E-state index contributed by atoms with van der Waals surface area (Å²) in [6, 6.07) is 16.2. The van der Waals surface area contributed by atoms with E-state index in [1.54, 1.807) is 0 Å². The molecule has 1 aliphatic carbocycles. The lowest BCUT2D eigenvalue weighted by atomic mass is 9.94. The van der Waals surface area contributed by atoms with Crippen molar-refractivity contribution in [1.82, 2.24) is 9.97 Å². The van der Waals surface area contributed by atoms with Crippen LogP contribution in [0.4, 0.5) is 0 Å². The molecule has 118 valence electrons. The predicted octanol–water partition coefficient (Wildman–Crippen LogP) is 5.71. The van der Waals surface area contributed by atoms with Gasteiger partial charge in [0, 0.05) is 10.5 Å². The molecule has 2 nitrogen and oxygen atoms in total. The summed E-state index contributed by atoms with van der Waals surface area (Å²) in [5, 5.41) is 0. The standard InChI is InChI=1S/C21H18N2S/c1-14-6-8-15(9-7-14)20-21(16-10-12-17(24)13-11-16)23-19-5-3-2-4-18(19)22-20/h2-6,8,10-13,24H,7,9H2,1H3. The van der Waals surface area contributed by atoms with Crippen molar-refractivity contribution in [3.63, 3.8) is 0 Å². The highest BCUT2D eigenvalue weighted by atomic mass is 32.1. The van der Waals surface area contributed by atoms with Crippen molar-refractivity contribution in [2.75, 3.05) is 0 Å². The first kappa shape index (κ1) is 15.2. The molecule has 0 atom stereocenters. The normalized spacial score (nSPS) is 14.4. The molecule has 0 saturated heterocycles. The van der Waals surface area contributed by atoms with Crippen LogP contribution in [0.25, 0.3) is 27.9 Å². The van der Waals surface area contributed by atoms with Gasteiger partial charge in [0.2, 0.25) is 0 Å². The maximum Gasteiger partial charge on any atom is 0.0969 e. The van der Waals surface area contributed by atoms with E-state index in [2.05, 4.69) is 43.8 Å². The summed E-state index contributed by atoms with van der Waals surface area (Å²) in [5.41, 5.74) is 7.54. The van der Waals surface area contributed by atoms with Crippen LogP contribution in [0, 0.1) is 0 Å². The molecule has 0 amide bonds. The Bertz CT molecular complexity index is 969. The maximum atomic E-state index is 4.94.